The van der Waals surface area contributed by atoms with Crippen LogP contribution in [-0.4, -0.2) is 27.5 Å². The van der Waals surface area contributed by atoms with Crippen molar-refractivity contribution in [3.05, 3.63) is 71.9 Å². The standard InChI is InChI=1S/C25H26N4S/c1-17-5-7-20(8-6-17)21-9-10-22-23(15-21)30-25(27-22)28-24-14-19(11-12-26-24)16-29-13-3-4-18(29)2/h5-12,14-15,18H,3-4,13,16H2,1-2H3,(H,26,27,28)/t18-/m1/s1. The van der Waals surface area contributed by atoms with Crippen LogP contribution in [0.25, 0.3) is 21.3 Å². The Bertz CT molecular complexity index is 1170. The van der Waals surface area contributed by atoms with Crippen LogP contribution in [0.2, 0.25) is 0 Å². The van der Waals surface area contributed by atoms with E-state index in [1.807, 2.05) is 6.20 Å². The maximum Gasteiger partial charge on any atom is 0.189 e. The predicted octanol–water partition coefficient (Wildman–Crippen LogP) is 6.39. The van der Waals surface area contributed by atoms with E-state index in [0.717, 1.165) is 23.0 Å². The fourth-order valence-corrected chi connectivity index (χ4v) is 5.03. The van der Waals surface area contributed by atoms with Crippen molar-refractivity contribution in [2.24, 2.45) is 0 Å². The maximum atomic E-state index is 4.76. The lowest BCUT2D eigenvalue weighted by atomic mass is 10.0. The summed E-state index contributed by atoms with van der Waals surface area (Å²) in [5.74, 6) is 0.858. The van der Waals surface area contributed by atoms with Gasteiger partial charge in [0.15, 0.2) is 5.13 Å². The zero-order valence-electron chi connectivity index (χ0n) is 17.4. The van der Waals surface area contributed by atoms with Crippen molar-refractivity contribution in [1.29, 1.82) is 0 Å². The second-order valence-corrected chi connectivity index (χ2v) is 9.23. The van der Waals surface area contributed by atoms with Crippen LogP contribution in [-0.2, 0) is 6.54 Å². The second-order valence-electron chi connectivity index (χ2n) is 8.20. The normalized spacial score (nSPS) is 16.9. The van der Waals surface area contributed by atoms with Gasteiger partial charge in [-0.05, 0) is 74.2 Å². The SMILES string of the molecule is Cc1ccc(-c2ccc3nc(Nc4cc(CN5CCC[C@H]5C)ccn4)sc3c2)cc1. The van der Waals surface area contributed by atoms with Crippen LogP contribution in [0.3, 0.4) is 0 Å². The molecule has 0 bridgehead atoms. The zero-order chi connectivity index (χ0) is 20.5. The monoisotopic (exact) mass is 414 g/mol. The number of nitrogens with one attached hydrogen (secondary N) is 1. The smallest absolute Gasteiger partial charge is 0.189 e. The summed E-state index contributed by atoms with van der Waals surface area (Å²) in [4.78, 5) is 11.8. The lowest BCUT2D eigenvalue weighted by Crippen LogP contribution is -2.26. The molecule has 1 saturated heterocycles. The van der Waals surface area contributed by atoms with Crippen LogP contribution in [0.15, 0.2) is 60.8 Å². The first kappa shape index (κ1) is 19.2. The van der Waals surface area contributed by atoms with Gasteiger partial charge in [-0.15, -0.1) is 0 Å². The van der Waals surface area contributed by atoms with Gasteiger partial charge in [0, 0.05) is 18.8 Å². The van der Waals surface area contributed by atoms with Crippen molar-refractivity contribution >= 4 is 32.5 Å². The van der Waals surface area contributed by atoms with E-state index in [1.165, 1.54) is 46.3 Å². The van der Waals surface area contributed by atoms with Crippen molar-refractivity contribution in [2.45, 2.75) is 39.3 Å². The highest BCUT2D eigenvalue weighted by Crippen LogP contribution is 2.32. The van der Waals surface area contributed by atoms with Gasteiger partial charge in [0.2, 0.25) is 0 Å². The molecule has 2 aromatic heterocycles. The summed E-state index contributed by atoms with van der Waals surface area (Å²) < 4.78 is 1.18. The molecule has 5 rings (SSSR count). The molecular weight excluding hydrogens is 388 g/mol. The number of likely N-dealkylation sites (tertiary alicyclic amines) is 1. The van der Waals surface area contributed by atoms with Gasteiger partial charge in [-0.2, -0.15) is 0 Å². The molecule has 4 aromatic rings. The molecule has 5 heteroatoms. The molecule has 4 nitrogen and oxygen atoms in total. The van der Waals surface area contributed by atoms with Crippen molar-refractivity contribution in [1.82, 2.24) is 14.9 Å². The van der Waals surface area contributed by atoms with Gasteiger partial charge < -0.3 is 5.32 Å². The van der Waals surface area contributed by atoms with Gasteiger partial charge in [0.25, 0.3) is 0 Å². The number of hydrogen-bond acceptors (Lipinski definition) is 5. The molecule has 0 saturated carbocycles. The van der Waals surface area contributed by atoms with Gasteiger partial charge >= 0.3 is 0 Å². The van der Waals surface area contributed by atoms with Crippen LogP contribution in [0.1, 0.15) is 30.9 Å². The summed E-state index contributed by atoms with van der Waals surface area (Å²) in [5, 5.41) is 4.29. The number of fused-ring (bicyclic) bond motifs is 1. The third-order valence-electron chi connectivity index (χ3n) is 5.91. The number of thiazole rings is 1. The third-order valence-corrected chi connectivity index (χ3v) is 6.84. The number of benzene rings is 2. The number of rotatable bonds is 5. The maximum absolute atomic E-state index is 4.76. The minimum atomic E-state index is 0.668. The molecule has 1 atom stereocenters. The van der Waals surface area contributed by atoms with E-state index in [-0.39, 0.29) is 0 Å². The van der Waals surface area contributed by atoms with Gasteiger partial charge in [-0.25, -0.2) is 9.97 Å². The average Bonchev–Trinajstić information content (AvgIpc) is 3.33. The summed E-state index contributed by atoms with van der Waals surface area (Å²) in [5.41, 5.74) is 6.04. The largest absolute Gasteiger partial charge is 0.316 e. The van der Waals surface area contributed by atoms with Crippen molar-refractivity contribution < 1.29 is 0 Å². The molecule has 3 heterocycles. The Kier molecular flexibility index (Phi) is 5.23. The zero-order valence-corrected chi connectivity index (χ0v) is 18.2. The highest BCUT2D eigenvalue weighted by atomic mass is 32.1. The predicted molar refractivity (Wildman–Crippen MR) is 126 cm³/mol. The molecular formula is C25H26N4S. The highest BCUT2D eigenvalue weighted by molar-refractivity contribution is 7.22. The molecule has 0 radical (unpaired) electrons. The molecule has 152 valence electrons. The Labute approximate surface area is 181 Å². The molecule has 1 aliphatic rings. The van der Waals surface area contributed by atoms with Gasteiger partial charge in [-0.1, -0.05) is 47.2 Å². The van der Waals surface area contributed by atoms with Crippen molar-refractivity contribution in [3.63, 3.8) is 0 Å². The molecule has 2 aromatic carbocycles. The minimum absolute atomic E-state index is 0.668. The summed E-state index contributed by atoms with van der Waals surface area (Å²) in [7, 11) is 0. The molecule has 0 amide bonds. The van der Waals surface area contributed by atoms with Crippen LogP contribution < -0.4 is 5.32 Å². The quantitative estimate of drug-likeness (QED) is 0.410. The fraction of sp³-hybridized carbons (Fsp3) is 0.280. The first-order valence-corrected chi connectivity index (χ1v) is 11.4. The number of nitrogens with zero attached hydrogens (tertiary/aromatic N) is 3. The summed E-state index contributed by atoms with van der Waals surface area (Å²) in [6.45, 7) is 6.60. The molecule has 0 aliphatic carbocycles. The van der Waals surface area contributed by atoms with Crippen molar-refractivity contribution in [2.75, 3.05) is 11.9 Å². The van der Waals surface area contributed by atoms with Crippen LogP contribution >= 0.6 is 11.3 Å². The Hall–Kier alpha value is -2.76. The Balaban J connectivity index is 1.35. The highest BCUT2D eigenvalue weighted by Gasteiger charge is 2.20. The average molecular weight is 415 g/mol. The number of hydrogen-bond donors (Lipinski definition) is 1. The first-order valence-electron chi connectivity index (χ1n) is 10.6. The lowest BCUT2D eigenvalue weighted by molar-refractivity contribution is 0.260. The number of aromatic nitrogens is 2. The van der Waals surface area contributed by atoms with Crippen LogP contribution in [0, 0.1) is 6.92 Å². The van der Waals surface area contributed by atoms with Gasteiger partial charge in [0.05, 0.1) is 10.2 Å². The lowest BCUT2D eigenvalue weighted by Gasteiger charge is -2.21. The number of aryl methyl sites for hydroxylation is 1. The van der Waals surface area contributed by atoms with Gasteiger partial charge in [-0.3, -0.25) is 4.90 Å². The van der Waals surface area contributed by atoms with E-state index in [0.29, 0.717) is 6.04 Å². The molecule has 1 fully saturated rings. The van der Waals surface area contributed by atoms with Crippen LogP contribution in [0.4, 0.5) is 10.9 Å². The van der Waals surface area contributed by atoms with Gasteiger partial charge in [0.1, 0.15) is 5.82 Å². The van der Waals surface area contributed by atoms with E-state index in [1.54, 1.807) is 11.3 Å². The summed E-state index contributed by atoms with van der Waals surface area (Å²) >= 11 is 1.67. The van der Waals surface area contributed by atoms with E-state index >= 15 is 0 Å². The van der Waals surface area contributed by atoms with E-state index in [4.69, 9.17) is 4.98 Å². The Morgan fingerprint density at radius 1 is 1.07 bits per heavy atom. The molecule has 1 aliphatic heterocycles. The summed E-state index contributed by atoms with van der Waals surface area (Å²) in [6, 6.07) is 20.1. The number of anilines is 2. The van der Waals surface area contributed by atoms with E-state index in [9.17, 15) is 0 Å². The third kappa shape index (κ3) is 4.09. The molecule has 0 unspecified atom stereocenters. The Morgan fingerprint density at radius 3 is 2.70 bits per heavy atom. The Morgan fingerprint density at radius 2 is 1.90 bits per heavy atom. The van der Waals surface area contributed by atoms with E-state index < -0.39 is 0 Å². The minimum Gasteiger partial charge on any atom is -0.316 e. The summed E-state index contributed by atoms with van der Waals surface area (Å²) in [6.07, 6.45) is 4.49. The topological polar surface area (TPSA) is 41.1 Å². The first-order chi connectivity index (χ1) is 14.6. The molecule has 0 spiro atoms. The second kappa shape index (κ2) is 8.17. The van der Waals surface area contributed by atoms with Crippen molar-refractivity contribution in [3.8, 4) is 11.1 Å². The fourth-order valence-electron chi connectivity index (χ4n) is 4.12. The molecule has 30 heavy (non-hydrogen) atoms. The number of pyridine rings is 1. The van der Waals surface area contributed by atoms with Crippen LogP contribution in [0.5, 0.6) is 0 Å². The molecule has 1 N–H and O–H groups in total. The van der Waals surface area contributed by atoms with E-state index in [2.05, 4.69) is 83.6 Å².